The molecule has 1 N–H and O–H groups in total. The smallest absolute Gasteiger partial charge is 0.255 e. The standard InChI is InChI=1S/C26H20N2O6/c1-31-22-13-21-23(25(33-3)24(22)32-2)19(29)12-20(34-21)16-5-4-6-17(11-16)26(30)28-18-9-7-15(14-27)8-10-18/h4-13H,1-3H3,(H,28,30). The lowest BCUT2D eigenvalue weighted by Gasteiger charge is -2.14. The Morgan fingerprint density at radius 3 is 2.32 bits per heavy atom. The van der Waals surface area contributed by atoms with E-state index in [4.69, 9.17) is 23.9 Å². The number of rotatable bonds is 6. The highest BCUT2D eigenvalue weighted by atomic mass is 16.5. The van der Waals surface area contributed by atoms with Crippen molar-refractivity contribution in [2.24, 2.45) is 0 Å². The Bertz CT molecular complexity index is 1480. The Morgan fingerprint density at radius 2 is 1.68 bits per heavy atom. The molecule has 0 atom stereocenters. The third-order valence-corrected chi connectivity index (χ3v) is 5.20. The molecule has 1 aromatic heterocycles. The van der Waals surface area contributed by atoms with E-state index in [1.807, 2.05) is 6.07 Å². The fourth-order valence-corrected chi connectivity index (χ4v) is 3.57. The highest BCUT2D eigenvalue weighted by Gasteiger charge is 2.21. The summed E-state index contributed by atoms with van der Waals surface area (Å²) in [5.74, 6) is 0.789. The predicted molar refractivity (Wildman–Crippen MR) is 127 cm³/mol. The quantitative estimate of drug-likeness (QED) is 0.451. The summed E-state index contributed by atoms with van der Waals surface area (Å²) in [6.45, 7) is 0. The van der Waals surface area contributed by atoms with Gasteiger partial charge in [0.2, 0.25) is 5.75 Å². The number of anilines is 1. The monoisotopic (exact) mass is 456 g/mol. The summed E-state index contributed by atoms with van der Waals surface area (Å²) in [6, 6.07) is 18.2. The van der Waals surface area contributed by atoms with Gasteiger partial charge >= 0.3 is 0 Å². The zero-order valence-electron chi connectivity index (χ0n) is 18.7. The molecule has 0 saturated heterocycles. The van der Waals surface area contributed by atoms with Gasteiger partial charge < -0.3 is 23.9 Å². The van der Waals surface area contributed by atoms with Gasteiger partial charge in [0.05, 0.1) is 33.0 Å². The molecule has 4 aromatic rings. The first-order chi connectivity index (χ1) is 16.5. The molecule has 0 saturated carbocycles. The lowest BCUT2D eigenvalue weighted by molar-refractivity contribution is 0.102. The van der Waals surface area contributed by atoms with E-state index in [9.17, 15) is 9.59 Å². The van der Waals surface area contributed by atoms with Gasteiger partial charge in [0, 0.05) is 28.9 Å². The molecule has 34 heavy (non-hydrogen) atoms. The Labute approximate surface area is 194 Å². The van der Waals surface area contributed by atoms with Crippen molar-refractivity contribution >= 4 is 22.6 Å². The number of methoxy groups -OCH3 is 3. The summed E-state index contributed by atoms with van der Waals surface area (Å²) in [5, 5.41) is 11.9. The Balaban J connectivity index is 1.73. The van der Waals surface area contributed by atoms with E-state index in [0.717, 1.165) is 0 Å². The molecule has 0 fully saturated rings. The molecule has 0 aliphatic carbocycles. The lowest BCUT2D eigenvalue weighted by atomic mass is 10.1. The highest BCUT2D eigenvalue weighted by Crippen LogP contribution is 2.42. The van der Waals surface area contributed by atoms with Crippen molar-refractivity contribution < 1.29 is 23.4 Å². The van der Waals surface area contributed by atoms with Crippen LogP contribution in [0.1, 0.15) is 15.9 Å². The van der Waals surface area contributed by atoms with Crippen LogP contribution < -0.4 is 25.0 Å². The van der Waals surface area contributed by atoms with Crippen molar-refractivity contribution in [2.45, 2.75) is 0 Å². The fourth-order valence-electron chi connectivity index (χ4n) is 3.57. The molecule has 0 aliphatic heterocycles. The van der Waals surface area contributed by atoms with E-state index in [1.165, 1.54) is 27.4 Å². The van der Waals surface area contributed by atoms with Crippen molar-refractivity contribution in [3.63, 3.8) is 0 Å². The van der Waals surface area contributed by atoms with E-state index in [-0.39, 0.29) is 33.8 Å². The van der Waals surface area contributed by atoms with E-state index in [2.05, 4.69) is 5.32 Å². The van der Waals surface area contributed by atoms with Crippen molar-refractivity contribution in [1.82, 2.24) is 0 Å². The van der Waals surface area contributed by atoms with Crippen LogP contribution in [0.5, 0.6) is 17.2 Å². The molecule has 8 heteroatoms. The van der Waals surface area contributed by atoms with Crippen LogP contribution in [0.4, 0.5) is 5.69 Å². The van der Waals surface area contributed by atoms with E-state index in [0.29, 0.717) is 33.9 Å². The average molecular weight is 456 g/mol. The first-order valence-corrected chi connectivity index (χ1v) is 10.2. The molecule has 170 valence electrons. The van der Waals surface area contributed by atoms with Crippen molar-refractivity contribution in [3.8, 4) is 34.6 Å². The molecule has 0 bridgehead atoms. The van der Waals surface area contributed by atoms with Crippen molar-refractivity contribution in [2.75, 3.05) is 26.6 Å². The molecular weight excluding hydrogens is 436 g/mol. The van der Waals surface area contributed by atoms with E-state index in [1.54, 1.807) is 54.6 Å². The molecule has 1 heterocycles. The number of hydrogen-bond donors (Lipinski definition) is 1. The first-order valence-electron chi connectivity index (χ1n) is 10.2. The summed E-state index contributed by atoms with van der Waals surface area (Å²) in [7, 11) is 4.36. The van der Waals surface area contributed by atoms with Gasteiger partial charge in [-0.05, 0) is 36.4 Å². The molecule has 0 spiro atoms. The highest BCUT2D eigenvalue weighted by molar-refractivity contribution is 6.05. The first kappa shape index (κ1) is 22.4. The van der Waals surface area contributed by atoms with Gasteiger partial charge in [-0.1, -0.05) is 12.1 Å². The van der Waals surface area contributed by atoms with Crippen molar-refractivity contribution in [3.05, 3.63) is 82.0 Å². The molecule has 0 radical (unpaired) electrons. The molecule has 0 unspecified atom stereocenters. The maximum Gasteiger partial charge on any atom is 0.255 e. The van der Waals surface area contributed by atoms with Gasteiger partial charge in [-0.3, -0.25) is 9.59 Å². The zero-order chi connectivity index (χ0) is 24.2. The largest absolute Gasteiger partial charge is 0.493 e. The average Bonchev–Trinajstić information content (AvgIpc) is 2.87. The van der Waals surface area contributed by atoms with Crippen LogP contribution in [0.15, 0.2) is 69.9 Å². The number of hydrogen-bond acceptors (Lipinski definition) is 7. The molecule has 4 rings (SSSR count). The lowest BCUT2D eigenvalue weighted by Crippen LogP contribution is -2.12. The van der Waals surface area contributed by atoms with Crippen LogP contribution in [0, 0.1) is 11.3 Å². The molecule has 1 amide bonds. The summed E-state index contributed by atoms with van der Waals surface area (Å²) < 4.78 is 22.1. The van der Waals surface area contributed by atoms with Crippen LogP contribution in [0.3, 0.4) is 0 Å². The van der Waals surface area contributed by atoms with Crippen LogP contribution in [-0.4, -0.2) is 27.2 Å². The summed E-state index contributed by atoms with van der Waals surface area (Å²) >= 11 is 0. The number of fused-ring (bicyclic) bond motifs is 1. The van der Waals surface area contributed by atoms with Gasteiger partial charge in [0.25, 0.3) is 5.91 Å². The summed E-state index contributed by atoms with van der Waals surface area (Å²) in [5.41, 5.74) is 1.89. The third-order valence-electron chi connectivity index (χ3n) is 5.20. The molecule has 0 aliphatic rings. The second-order valence-corrected chi connectivity index (χ2v) is 7.22. The number of ether oxygens (including phenoxy) is 3. The van der Waals surface area contributed by atoms with Crippen LogP contribution in [0.2, 0.25) is 0 Å². The van der Waals surface area contributed by atoms with Crippen LogP contribution in [0.25, 0.3) is 22.3 Å². The number of benzene rings is 3. The minimum atomic E-state index is -0.345. The third kappa shape index (κ3) is 4.14. The van der Waals surface area contributed by atoms with Gasteiger partial charge in [-0.25, -0.2) is 0 Å². The number of nitrogens with one attached hydrogen (secondary N) is 1. The normalized spacial score (nSPS) is 10.4. The van der Waals surface area contributed by atoms with Gasteiger partial charge in [-0.2, -0.15) is 5.26 Å². The number of carbonyl (C=O) groups excluding carboxylic acids is 1. The number of nitriles is 1. The maximum absolute atomic E-state index is 13.0. The molecule has 8 nitrogen and oxygen atoms in total. The number of amides is 1. The van der Waals surface area contributed by atoms with Gasteiger partial charge in [0.1, 0.15) is 16.7 Å². The van der Waals surface area contributed by atoms with Crippen molar-refractivity contribution in [1.29, 1.82) is 5.26 Å². The predicted octanol–water partition coefficient (Wildman–Crippen LogP) is 4.61. The topological polar surface area (TPSA) is 111 Å². The Hall–Kier alpha value is -4.77. The van der Waals surface area contributed by atoms with Gasteiger partial charge in [0.15, 0.2) is 16.9 Å². The minimum Gasteiger partial charge on any atom is -0.493 e. The second kappa shape index (κ2) is 9.38. The number of carbonyl (C=O) groups is 1. The second-order valence-electron chi connectivity index (χ2n) is 7.22. The Morgan fingerprint density at radius 1 is 0.941 bits per heavy atom. The van der Waals surface area contributed by atoms with Gasteiger partial charge in [-0.15, -0.1) is 0 Å². The van der Waals surface area contributed by atoms with Crippen LogP contribution in [-0.2, 0) is 0 Å². The van der Waals surface area contributed by atoms with Crippen LogP contribution >= 0.6 is 0 Å². The van der Waals surface area contributed by atoms with E-state index >= 15 is 0 Å². The fraction of sp³-hybridized carbons (Fsp3) is 0.115. The summed E-state index contributed by atoms with van der Waals surface area (Å²) in [4.78, 5) is 25.7. The summed E-state index contributed by atoms with van der Waals surface area (Å²) in [6.07, 6.45) is 0. The SMILES string of the molecule is COc1cc2oc(-c3cccc(C(=O)Nc4ccc(C#N)cc4)c3)cc(=O)c2c(OC)c1OC. The maximum atomic E-state index is 13.0. The minimum absolute atomic E-state index is 0.215. The zero-order valence-corrected chi connectivity index (χ0v) is 18.7. The Kier molecular flexibility index (Phi) is 6.19. The van der Waals surface area contributed by atoms with E-state index < -0.39 is 0 Å². The molecular formula is C26H20N2O6. The molecule has 3 aromatic carbocycles. The number of nitrogens with zero attached hydrogens (tertiary/aromatic N) is 1.